The van der Waals surface area contributed by atoms with Crippen molar-refractivity contribution < 1.29 is 9.90 Å². The monoisotopic (exact) mass is 332 g/mol. The predicted octanol–water partition coefficient (Wildman–Crippen LogP) is 4.99. The van der Waals surface area contributed by atoms with Crippen molar-refractivity contribution in [2.75, 3.05) is 0 Å². The molecule has 8 atom stereocenters. The zero-order valence-corrected chi connectivity index (χ0v) is 15.9. The molecule has 0 aromatic heterocycles. The second-order valence-corrected chi connectivity index (χ2v) is 10.2. The number of carbonyl (C=O) groups is 1. The summed E-state index contributed by atoms with van der Waals surface area (Å²) >= 11 is 0. The van der Waals surface area contributed by atoms with Crippen LogP contribution >= 0.6 is 0 Å². The molecule has 2 heteroatoms. The molecule has 4 rings (SSSR count). The summed E-state index contributed by atoms with van der Waals surface area (Å²) in [5, 5.41) is 10.1. The van der Waals surface area contributed by atoms with Gasteiger partial charge in [-0.25, -0.2) is 0 Å². The van der Waals surface area contributed by atoms with Crippen molar-refractivity contribution in [1.82, 2.24) is 0 Å². The largest absolute Gasteiger partial charge is 0.393 e. The fourth-order valence-electron chi connectivity index (χ4n) is 8.10. The Morgan fingerprint density at radius 2 is 1.62 bits per heavy atom. The number of rotatable bonds is 1. The number of ketones is 1. The lowest BCUT2D eigenvalue weighted by molar-refractivity contribution is -0.159. The Morgan fingerprint density at radius 1 is 0.917 bits per heavy atom. The van der Waals surface area contributed by atoms with Crippen LogP contribution in [0.2, 0.25) is 0 Å². The van der Waals surface area contributed by atoms with Crippen molar-refractivity contribution in [3.8, 4) is 0 Å². The van der Waals surface area contributed by atoms with Gasteiger partial charge in [0.2, 0.25) is 0 Å². The number of hydrogen-bond donors (Lipinski definition) is 1. The molecule has 1 N–H and O–H groups in total. The molecule has 0 spiro atoms. The third-order valence-corrected chi connectivity index (χ3v) is 9.37. The smallest absolute Gasteiger partial charge is 0.133 e. The lowest BCUT2D eigenvalue weighted by Gasteiger charge is -2.63. The van der Waals surface area contributed by atoms with E-state index >= 15 is 0 Å². The molecule has 0 saturated heterocycles. The first-order valence-corrected chi connectivity index (χ1v) is 10.5. The van der Waals surface area contributed by atoms with Gasteiger partial charge >= 0.3 is 0 Å². The topological polar surface area (TPSA) is 37.3 Å². The molecule has 136 valence electrons. The molecule has 4 saturated carbocycles. The molecular weight excluding hydrogens is 296 g/mol. The summed E-state index contributed by atoms with van der Waals surface area (Å²) in [6.07, 6.45) is 12.2. The highest BCUT2D eigenvalue weighted by molar-refractivity contribution is 5.79. The summed E-state index contributed by atoms with van der Waals surface area (Å²) in [5.41, 5.74) is 0.718. The van der Waals surface area contributed by atoms with Gasteiger partial charge in [0, 0.05) is 5.92 Å². The van der Waals surface area contributed by atoms with Gasteiger partial charge in [-0.05, 0) is 99.2 Å². The first-order chi connectivity index (χ1) is 11.4. The van der Waals surface area contributed by atoms with E-state index < -0.39 is 0 Å². The molecule has 0 bridgehead atoms. The van der Waals surface area contributed by atoms with Gasteiger partial charge in [0.25, 0.3) is 0 Å². The SMILES string of the molecule is CC(=O)C1CCCC2[C@@H]3CC[C@H]4C[C@H](O)CC[C@]4(C)[C@H]3CC[C@]12C. The van der Waals surface area contributed by atoms with Crippen molar-refractivity contribution in [3.63, 3.8) is 0 Å². The molecule has 2 unspecified atom stereocenters. The number of carbonyl (C=O) groups excluding carboxylic acids is 1. The van der Waals surface area contributed by atoms with E-state index in [1.54, 1.807) is 0 Å². The quantitative estimate of drug-likeness (QED) is 0.735. The normalized spacial score (nSPS) is 54.3. The minimum absolute atomic E-state index is 0.0507. The van der Waals surface area contributed by atoms with Crippen molar-refractivity contribution in [1.29, 1.82) is 0 Å². The summed E-state index contributed by atoms with van der Waals surface area (Å²) in [6.45, 7) is 6.84. The number of Topliss-reactive ketones (excluding diaryl/α,β-unsaturated/α-hetero) is 1. The van der Waals surface area contributed by atoms with Crippen molar-refractivity contribution in [2.24, 2.45) is 40.4 Å². The second kappa shape index (κ2) is 5.83. The van der Waals surface area contributed by atoms with Crippen molar-refractivity contribution in [3.05, 3.63) is 0 Å². The van der Waals surface area contributed by atoms with E-state index in [0.29, 0.717) is 17.1 Å². The summed E-state index contributed by atoms with van der Waals surface area (Å²) in [5.74, 6) is 3.94. The maximum atomic E-state index is 12.3. The first-order valence-electron chi connectivity index (χ1n) is 10.5. The fourth-order valence-corrected chi connectivity index (χ4v) is 8.10. The number of aliphatic hydroxyl groups is 1. The van der Waals surface area contributed by atoms with Gasteiger partial charge in [0.05, 0.1) is 6.10 Å². The third kappa shape index (κ3) is 2.35. The van der Waals surface area contributed by atoms with E-state index in [-0.39, 0.29) is 11.5 Å². The molecule has 4 aliphatic rings. The highest BCUT2D eigenvalue weighted by Gasteiger charge is 2.59. The molecular formula is C22H36O2. The zero-order valence-electron chi connectivity index (χ0n) is 15.9. The summed E-state index contributed by atoms with van der Waals surface area (Å²) < 4.78 is 0. The van der Waals surface area contributed by atoms with Crippen molar-refractivity contribution in [2.45, 2.75) is 91.1 Å². The van der Waals surface area contributed by atoms with E-state index in [1.165, 1.54) is 44.9 Å². The number of aliphatic hydroxyl groups excluding tert-OH is 1. The maximum Gasteiger partial charge on any atom is 0.133 e. The van der Waals surface area contributed by atoms with E-state index in [2.05, 4.69) is 13.8 Å². The first kappa shape index (κ1) is 17.1. The second-order valence-electron chi connectivity index (χ2n) is 10.2. The lowest BCUT2D eigenvalue weighted by Crippen LogP contribution is -2.57. The number of fused-ring (bicyclic) bond motifs is 5. The fraction of sp³-hybridized carbons (Fsp3) is 0.955. The molecule has 0 amide bonds. The van der Waals surface area contributed by atoms with Crippen LogP contribution in [0.25, 0.3) is 0 Å². The molecule has 4 fully saturated rings. The Hall–Kier alpha value is -0.370. The molecule has 0 radical (unpaired) electrons. The van der Waals surface area contributed by atoms with Gasteiger partial charge in [-0.2, -0.15) is 0 Å². The van der Waals surface area contributed by atoms with Crippen LogP contribution in [0.4, 0.5) is 0 Å². The average molecular weight is 333 g/mol. The lowest BCUT2D eigenvalue weighted by atomic mass is 9.41. The molecule has 0 aromatic rings. The minimum Gasteiger partial charge on any atom is -0.393 e. The van der Waals surface area contributed by atoms with Gasteiger partial charge < -0.3 is 5.11 Å². The molecule has 4 aliphatic carbocycles. The Balaban J connectivity index is 1.63. The molecule has 0 aromatic carbocycles. The van der Waals surface area contributed by atoms with Gasteiger partial charge in [-0.15, -0.1) is 0 Å². The Kier molecular flexibility index (Phi) is 4.14. The van der Waals surface area contributed by atoms with Crippen LogP contribution in [0.5, 0.6) is 0 Å². The zero-order chi connectivity index (χ0) is 17.1. The van der Waals surface area contributed by atoms with E-state index in [1.807, 2.05) is 6.92 Å². The van der Waals surface area contributed by atoms with Crippen LogP contribution in [-0.4, -0.2) is 17.0 Å². The molecule has 0 aliphatic heterocycles. The van der Waals surface area contributed by atoms with E-state index in [4.69, 9.17) is 0 Å². The predicted molar refractivity (Wildman–Crippen MR) is 96.5 cm³/mol. The molecule has 0 heterocycles. The van der Waals surface area contributed by atoms with Crippen LogP contribution in [-0.2, 0) is 4.79 Å². The molecule has 2 nitrogen and oxygen atoms in total. The van der Waals surface area contributed by atoms with Gasteiger partial charge in [0.15, 0.2) is 0 Å². The highest BCUT2D eigenvalue weighted by Crippen LogP contribution is 2.66. The average Bonchev–Trinajstić information content (AvgIpc) is 2.54. The van der Waals surface area contributed by atoms with Crippen molar-refractivity contribution >= 4 is 5.78 Å². The van der Waals surface area contributed by atoms with E-state index in [9.17, 15) is 9.90 Å². The minimum atomic E-state index is -0.0507. The van der Waals surface area contributed by atoms with Crippen LogP contribution in [0.15, 0.2) is 0 Å². The Bertz CT molecular complexity index is 514. The standard InChI is InChI=1S/C22H36O2/c1-14(23)18-5-4-6-19-17-8-7-15-13-16(24)9-11-21(15,2)20(17)10-12-22(18,19)3/h15-20,24H,4-13H2,1-3H3/t15-,16+,17-,18?,19?,20-,21-,22+/m0/s1. The van der Waals surface area contributed by atoms with E-state index in [0.717, 1.165) is 42.9 Å². The number of hydrogen-bond acceptors (Lipinski definition) is 2. The summed E-state index contributed by atoms with van der Waals surface area (Å²) in [7, 11) is 0. The van der Waals surface area contributed by atoms with Crippen LogP contribution in [0.3, 0.4) is 0 Å². The van der Waals surface area contributed by atoms with Crippen LogP contribution in [0, 0.1) is 40.4 Å². The summed E-state index contributed by atoms with van der Waals surface area (Å²) in [6, 6.07) is 0. The Morgan fingerprint density at radius 3 is 2.38 bits per heavy atom. The van der Waals surface area contributed by atoms with Gasteiger partial charge in [0.1, 0.15) is 5.78 Å². The van der Waals surface area contributed by atoms with Gasteiger partial charge in [-0.3, -0.25) is 4.79 Å². The maximum absolute atomic E-state index is 12.3. The van der Waals surface area contributed by atoms with Gasteiger partial charge in [-0.1, -0.05) is 20.3 Å². The van der Waals surface area contributed by atoms with Crippen LogP contribution < -0.4 is 0 Å². The third-order valence-electron chi connectivity index (χ3n) is 9.37. The molecule has 24 heavy (non-hydrogen) atoms. The Labute approximate surface area is 147 Å². The van der Waals surface area contributed by atoms with Crippen LogP contribution in [0.1, 0.15) is 85.0 Å². The highest BCUT2D eigenvalue weighted by atomic mass is 16.3. The summed E-state index contributed by atoms with van der Waals surface area (Å²) in [4.78, 5) is 12.3.